The average Bonchev–Trinajstić information content (AvgIpc) is 2.55. The number of para-hydroxylation sites is 1. The highest BCUT2D eigenvalue weighted by atomic mass is 16.6. The van der Waals surface area contributed by atoms with Crippen molar-refractivity contribution < 1.29 is 24.2 Å². The monoisotopic (exact) mass is 333 g/mol. The number of carboxylic acids is 1. The largest absolute Gasteiger partial charge is 0.486 e. The molecule has 1 amide bonds. The number of amides is 1. The quantitative estimate of drug-likeness (QED) is 0.864. The molecule has 0 unspecified atom stereocenters. The Morgan fingerprint density at radius 3 is 2.58 bits per heavy atom. The molecule has 1 aliphatic carbocycles. The van der Waals surface area contributed by atoms with Gasteiger partial charge in [-0.15, -0.1) is 0 Å². The Bertz CT molecular complexity index is 622. The molecule has 1 heterocycles. The van der Waals surface area contributed by atoms with Gasteiger partial charge in [0.05, 0.1) is 12.1 Å². The minimum Gasteiger partial charge on any atom is -0.486 e. The van der Waals surface area contributed by atoms with E-state index in [0.717, 1.165) is 32.1 Å². The summed E-state index contributed by atoms with van der Waals surface area (Å²) in [4.78, 5) is 23.8. The van der Waals surface area contributed by atoms with Gasteiger partial charge in [-0.2, -0.15) is 0 Å². The fourth-order valence-electron chi connectivity index (χ4n) is 3.75. The predicted molar refractivity (Wildman–Crippen MR) is 88.4 cm³/mol. The van der Waals surface area contributed by atoms with Gasteiger partial charge in [-0.1, -0.05) is 25.3 Å². The SMILES string of the molecule is O=C(O)CC1(CC(=O)Nc2cccc3c2OCCO3)CCCCC1. The normalized spacial score (nSPS) is 18.7. The molecule has 0 atom stereocenters. The number of aliphatic carboxylic acids is 1. The van der Waals surface area contributed by atoms with Crippen LogP contribution in [-0.2, 0) is 9.59 Å². The summed E-state index contributed by atoms with van der Waals surface area (Å²) in [6, 6.07) is 5.38. The van der Waals surface area contributed by atoms with Crippen LogP contribution in [0.25, 0.3) is 0 Å². The Morgan fingerprint density at radius 2 is 1.83 bits per heavy atom. The van der Waals surface area contributed by atoms with Gasteiger partial charge >= 0.3 is 5.97 Å². The maximum absolute atomic E-state index is 12.6. The zero-order chi connectivity index (χ0) is 17.0. The first kappa shape index (κ1) is 16.6. The number of nitrogens with one attached hydrogen (secondary N) is 1. The van der Waals surface area contributed by atoms with Gasteiger partial charge < -0.3 is 19.9 Å². The van der Waals surface area contributed by atoms with Crippen molar-refractivity contribution in [3.05, 3.63) is 18.2 Å². The summed E-state index contributed by atoms with van der Waals surface area (Å²) >= 11 is 0. The number of carbonyl (C=O) groups is 2. The van der Waals surface area contributed by atoms with E-state index in [2.05, 4.69) is 5.32 Å². The number of benzene rings is 1. The average molecular weight is 333 g/mol. The van der Waals surface area contributed by atoms with E-state index in [1.807, 2.05) is 0 Å². The Hall–Kier alpha value is -2.24. The van der Waals surface area contributed by atoms with Crippen LogP contribution in [0.1, 0.15) is 44.9 Å². The number of carbonyl (C=O) groups excluding carboxylic acids is 1. The molecule has 3 rings (SSSR count). The molecule has 0 radical (unpaired) electrons. The lowest BCUT2D eigenvalue weighted by atomic mass is 9.69. The summed E-state index contributed by atoms with van der Waals surface area (Å²) in [5, 5.41) is 12.1. The number of hydrogen-bond acceptors (Lipinski definition) is 4. The lowest BCUT2D eigenvalue weighted by Gasteiger charge is -2.35. The maximum atomic E-state index is 12.6. The summed E-state index contributed by atoms with van der Waals surface area (Å²) in [6.45, 7) is 0.939. The summed E-state index contributed by atoms with van der Waals surface area (Å²) < 4.78 is 11.1. The van der Waals surface area contributed by atoms with Crippen molar-refractivity contribution in [2.24, 2.45) is 5.41 Å². The molecule has 1 aromatic rings. The fourth-order valence-corrected chi connectivity index (χ4v) is 3.75. The topological polar surface area (TPSA) is 84.9 Å². The summed E-state index contributed by atoms with van der Waals surface area (Å²) in [5.74, 6) is 0.171. The zero-order valence-electron chi connectivity index (χ0n) is 13.7. The van der Waals surface area contributed by atoms with Crippen molar-refractivity contribution in [2.75, 3.05) is 18.5 Å². The van der Waals surface area contributed by atoms with Crippen LogP contribution in [0.2, 0.25) is 0 Å². The van der Waals surface area contributed by atoms with Gasteiger partial charge in [0, 0.05) is 6.42 Å². The van der Waals surface area contributed by atoms with E-state index in [1.165, 1.54) is 0 Å². The molecule has 130 valence electrons. The third kappa shape index (κ3) is 3.80. The highest BCUT2D eigenvalue weighted by molar-refractivity contribution is 5.93. The van der Waals surface area contributed by atoms with Crippen LogP contribution in [0.4, 0.5) is 5.69 Å². The van der Waals surface area contributed by atoms with Crippen molar-refractivity contribution in [1.29, 1.82) is 0 Å². The first-order chi connectivity index (χ1) is 11.6. The van der Waals surface area contributed by atoms with Crippen molar-refractivity contribution in [3.63, 3.8) is 0 Å². The smallest absolute Gasteiger partial charge is 0.303 e. The minimum atomic E-state index is -0.835. The molecule has 6 heteroatoms. The molecule has 1 saturated carbocycles. The maximum Gasteiger partial charge on any atom is 0.303 e. The number of carboxylic acid groups (broad SMARTS) is 1. The summed E-state index contributed by atoms with van der Waals surface area (Å²) in [6.07, 6.45) is 4.94. The standard InChI is InChI=1S/C18H23NO5/c20-15(11-18(12-16(21)22)7-2-1-3-8-18)19-13-5-4-6-14-17(13)24-10-9-23-14/h4-6H,1-3,7-12H2,(H,19,20)(H,21,22). The number of fused-ring (bicyclic) bond motifs is 1. The number of anilines is 1. The molecule has 0 bridgehead atoms. The zero-order valence-corrected chi connectivity index (χ0v) is 13.7. The Morgan fingerprint density at radius 1 is 1.08 bits per heavy atom. The van der Waals surface area contributed by atoms with Crippen LogP contribution < -0.4 is 14.8 Å². The minimum absolute atomic E-state index is 0.0485. The van der Waals surface area contributed by atoms with Crippen molar-refractivity contribution in [1.82, 2.24) is 0 Å². The van der Waals surface area contributed by atoms with E-state index in [9.17, 15) is 14.7 Å². The van der Waals surface area contributed by atoms with E-state index in [1.54, 1.807) is 18.2 Å². The molecular formula is C18H23NO5. The molecule has 2 N–H and O–H groups in total. The van der Waals surface area contributed by atoms with Crippen LogP contribution in [0.5, 0.6) is 11.5 Å². The van der Waals surface area contributed by atoms with Crippen molar-refractivity contribution in [3.8, 4) is 11.5 Å². The van der Waals surface area contributed by atoms with Crippen LogP contribution in [0.15, 0.2) is 18.2 Å². The molecular weight excluding hydrogens is 310 g/mol. The van der Waals surface area contributed by atoms with Crippen molar-refractivity contribution in [2.45, 2.75) is 44.9 Å². The van der Waals surface area contributed by atoms with Gasteiger partial charge in [-0.3, -0.25) is 9.59 Å². The lowest BCUT2D eigenvalue weighted by Crippen LogP contribution is -2.32. The fraction of sp³-hybridized carbons (Fsp3) is 0.556. The van der Waals surface area contributed by atoms with Crippen molar-refractivity contribution >= 4 is 17.6 Å². The Kier molecular flexibility index (Phi) is 4.92. The second-order valence-corrected chi connectivity index (χ2v) is 6.69. The number of ether oxygens (including phenoxy) is 2. The third-order valence-corrected chi connectivity index (χ3v) is 4.82. The molecule has 1 aliphatic heterocycles. The van der Waals surface area contributed by atoms with E-state index < -0.39 is 11.4 Å². The number of hydrogen-bond donors (Lipinski definition) is 2. The van der Waals surface area contributed by atoms with Gasteiger partial charge in [-0.05, 0) is 30.4 Å². The van der Waals surface area contributed by atoms with Gasteiger partial charge in [0.25, 0.3) is 0 Å². The Labute approximate surface area is 141 Å². The highest BCUT2D eigenvalue weighted by Gasteiger charge is 2.36. The van der Waals surface area contributed by atoms with Gasteiger partial charge in [0.2, 0.25) is 5.91 Å². The molecule has 0 saturated heterocycles. The van der Waals surface area contributed by atoms with E-state index >= 15 is 0 Å². The molecule has 1 aromatic carbocycles. The van der Waals surface area contributed by atoms with Crippen LogP contribution in [0.3, 0.4) is 0 Å². The predicted octanol–water partition coefficient (Wildman–Crippen LogP) is 3.21. The van der Waals surface area contributed by atoms with Crippen LogP contribution in [-0.4, -0.2) is 30.2 Å². The third-order valence-electron chi connectivity index (χ3n) is 4.82. The molecule has 0 aromatic heterocycles. The Balaban J connectivity index is 1.71. The van der Waals surface area contributed by atoms with Gasteiger partial charge in [-0.25, -0.2) is 0 Å². The second-order valence-electron chi connectivity index (χ2n) is 6.69. The summed E-state index contributed by atoms with van der Waals surface area (Å²) in [7, 11) is 0. The van der Waals surface area contributed by atoms with Gasteiger partial charge in [0.1, 0.15) is 13.2 Å². The molecule has 2 aliphatic rings. The van der Waals surface area contributed by atoms with E-state index in [0.29, 0.717) is 30.4 Å². The molecule has 1 fully saturated rings. The van der Waals surface area contributed by atoms with Crippen LogP contribution in [0, 0.1) is 5.41 Å². The second kappa shape index (κ2) is 7.11. The molecule has 0 spiro atoms. The first-order valence-corrected chi connectivity index (χ1v) is 8.48. The van der Waals surface area contributed by atoms with E-state index in [-0.39, 0.29) is 18.7 Å². The van der Waals surface area contributed by atoms with Crippen LogP contribution >= 0.6 is 0 Å². The molecule has 6 nitrogen and oxygen atoms in total. The number of rotatable bonds is 5. The molecule has 24 heavy (non-hydrogen) atoms. The summed E-state index contributed by atoms with van der Waals surface area (Å²) in [5.41, 5.74) is 0.152. The first-order valence-electron chi connectivity index (χ1n) is 8.48. The highest BCUT2D eigenvalue weighted by Crippen LogP contribution is 2.43. The van der Waals surface area contributed by atoms with Gasteiger partial charge in [0.15, 0.2) is 11.5 Å². The lowest BCUT2D eigenvalue weighted by molar-refractivity contribution is -0.140. The van der Waals surface area contributed by atoms with E-state index in [4.69, 9.17) is 9.47 Å².